The molecular weight excluding hydrogens is 362 g/mol. The number of carbonyl (C=O) groups excluding carboxylic acids is 1. The summed E-state index contributed by atoms with van der Waals surface area (Å²) in [7, 11) is 0. The largest absolute Gasteiger partial charge is 0.348 e. The highest BCUT2D eigenvalue weighted by Crippen LogP contribution is 2.17. The molecule has 0 spiro atoms. The van der Waals surface area contributed by atoms with E-state index >= 15 is 0 Å². The summed E-state index contributed by atoms with van der Waals surface area (Å²) >= 11 is 0. The highest BCUT2D eigenvalue weighted by atomic mass is 19.1. The number of hydrogen-bond acceptors (Lipinski definition) is 2. The summed E-state index contributed by atoms with van der Waals surface area (Å²) in [6.45, 7) is 2.15. The number of fused-ring (bicyclic) bond motifs is 1. The third-order valence-corrected chi connectivity index (χ3v) is 4.48. The molecule has 0 aliphatic heterocycles. The van der Waals surface area contributed by atoms with E-state index in [-0.39, 0.29) is 11.6 Å². The van der Waals surface area contributed by atoms with Gasteiger partial charge in [0.25, 0.3) is 11.7 Å². The Balaban J connectivity index is 1.64. The molecule has 5 nitrogen and oxygen atoms in total. The van der Waals surface area contributed by atoms with Gasteiger partial charge in [-0.15, -0.1) is 0 Å². The Morgan fingerprint density at radius 1 is 1.18 bits per heavy atom. The van der Waals surface area contributed by atoms with Crippen molar-refractivity contribution in [3.63, 3.8) is 0 Å². The van der Waals surface area contributed by atoms with E-state index in [0.717, 1.165) is 11.6 Å². The summed E-state index contributed by atoms with van der Waals surface area (Å²) in [4.78, 5) is 19.6. The van der Waals surface area contributed by atoms with Gasteiger partial charge < -0.3 is 5.32 Å². The van der Waals surface area contributed by atoms with Gasteiger partial charge in [0, 0.05) is 43.6 Å². The fourth-order valence-electron chi connectivity index (χ4n) is 3.16. The smallest absolute Gasteiger partial charge is 0.257 e. The first-order valence-electron chi connectivity index (χ1n) is 8.70. The van der Waals surface area contributed by atoms with Crippen molar-refractivity contribution < 1.29 is 18.1 Å². The summed E-state index contributed by atoms with van der Waals surface area (Å²) in [6, 6.07) is 12.3. The molecule has 0 atom stereocenters. The molecule has 2 aromatic heterocycles. The maximum Gasteiger partial charge on any atom is 0.257 e. The van der Waals surface area contributed by atoms with Crippen LogP contribution in [0, 0.1) is 18.6 Å². The van der Waals surface area contributed by atoms with Gasteiger partial charge in [-0.2, -0.15) is 4.57 Å². The number of aromatic amines is 1. The number of amides is 1. The SMILES string of the molecule is Cc1[nH]c2cc(C(=O)NCc3cccnc3)ccc2[n+]1-c1ccc(F)cc1F. The first kappa shape index (κ1) is 17.8. The van der Waals surface area contributed by atoms with Gasteiger partial charge in [-0.3, -0.25) is 9.78 Å². The predicted octanol–water partition coefficient (Wildman–Crippen LogP) is 3.36. The first-order valence-corrected chi connectivity index (χ1v) is 8.70. The van der Waals surface area contributed by atoms with Crippen LogP contribution in [0.15, 0.2) is 60.9 Å². The molecule has 4 rings (SSSR count). The van der Waals surface area contributed by atoms with Crippen LogP contribution < -0.4 is 9.88 Å². The summed E-state index contributed by atoms with van der Waals surface area (Å²) in [6.07, 6.45) is 3.37. The van der Waals surface area contributed by atoms with Crippen LogP contribution in [0.1, 0.15) is 21.7 Å². The zero-order chi connectivity index (χ0) is 19.7. The molecule has 1 amide bonds. The van der Waals surface area contributed by atoms with Crippen LogP contribution in [0.25, 0.3) is 16.7 Å². The van der Waals surface area contributed by atoms with Crippen molar-refractivity contribution in [3.05, 3.63) is 89.5 Å². The van der Waals surface area contributed by atoms with Gasteiger partial charge >= 0.3 is 0 Å². The molecule has 0 aliphatic rings. The molecule has 2 N–H and O–H groups in total. The standard InChI is InChI=1S/C21H16F2N4O/c1-13-26-18-9-15(21(28)25-12-14-3-2-8-24-11-14)4-6-20(18)27(13)19-7-5-16(22)10-17(19)23/h2-11H,12H2,1H3,(H,25,28)/p+1. The highest BCUT2D eigenvalue weighted by molar-refractivity contribution is 5.97. The van der Waals surface area contributed by atoms with E-state index < -0.39 is 11.6 Å². The first-order chi connectivity index (χ1) is 13.5. The van der Waals surface area contributed by atoms with Gasteiger partial charge in [0.05, 0.1) is 0 Å². The Labute approximate surface area is 159 Å². The van der Waals surface area contributed by atoms with Gasteiger partial charge in [-0.25, -0.2) is 13.8 Å². The molecule has 4 aromatic rings. The average Bonchev–Trinajstić information content (AvgIpc) is 3.02. The Bertz CT molecular complexity index is 1170. The molecule has 2 aromatic carbocycles. The number of nitrogens with one attached hydrogen (secondary N) is 2. The van der Waals surface area contributed by atoms with Gasteiger partial charge in [-0.05, 0) is 35.9 Å². The van der Waals surface area contributed by atoms with E-state index in [9.17, 15) is 13.6 Å². The Kier molecular flexibility index (Phi) is 4.57. The Hall–Kier alpha value is -3.61. The number of hydrogen-bond donors (Lipinski definition) is 2. The molecule has 28 heavy (non-hydrogen) atoms. The maximum atomic E-state index is 14.2. The lowest BCUT2D eigenvalue weighted by Crippen LogP contribution is -2.34. The number of benzene rings is 2. The number of aryl methyl sites for hydroxylation is 1. The van der Waals surface area contributed by atoms with Crippen molar-refractivity contribution in [1.82, 2.24) is 15.3 Å². The van der Waals surface area contributed by atoms with Gasteiger partial charge in [0.2, 0.25) is 0 Å². The number of carbonyl (C=O) groups is 1. The number of H-pyrrole nitrogens is 1. The van der Waals surface area contributed by atoms with Crippen LogP contribution in [0.3, 0.4) is 0 Å². The van der Waals surface area contributed by atoms with Gasteiger partial charge in [-0.1, -0.05) is 6.07 Å². The van der Waals surface area contributed by atoms with E-state index in [1.54, 1.807) is 42.1 Å². The summed E-state index contributed by atoms with van der Waals surface area (Å²) in [5, 5.41) is 2.85. The zero-order valence-corrected chi connectivity index (χ0v) is 15.0. The van der Waals surface area contributed by atoms with Crippen LogP contribution >= 0.6 is 0 Å². The van der Waals surface area contributed by atoms with Crippen LogP contribution in [0.5, 0.6) is 0 Å². The molecule has 7 heteroatoms. The van der Waals surface area contributed by atoms with E-state index in [0.29, 0.717) is 29.0 Å². The minimum atomic E-state index is -0.660. The number of aromatic nitrogens is 3. The average molecular weight is 379 g/mol. The van der Waals surface area contributed by atoms with Crippen LogP contribution in [0.2, 0.25) is 0 Å². The lowest BCUT2D eigenvalue weighted by atomic mass is 10.1. The molecule has 0 bridgehead atoms. The van der Waals surface area contributed by atoms with E-state index in [4.69, 9.17) is 0 Å². The Morgan fingerprint density at radius 2 is 2.04 bits per heavy atom. The summed E-state index contributed by atoms with van der Waals surface area (Å²) in [5.74, 6) is -0.856. The quantitative estimate of drug-likeness (QED) is 0.534. The lowest BCUT2D eigenvalue weighted by Gasteiger charge is -2.05. The van der Waals surface area contributed by atoms with Gasteiger partial charge in [0.1, 0.15) is 5.82 Å². The molecule has 0 aliphatic carbocycles. The zero-order valence-electron chi connectivity index (χ0n) is 15.0. The van der Waals surface area contributed by atoms with Crippen molar-refractivity contribution in [2.75, 3.05) is 0 Å². The molecule has 0 saturated heterocycles. The van der Waals surface area contributed by atoms with Crippen molar-refractivity contribution in [2.45, 2.75) is 13.5 Å². The van der Waals surface area contributed by atoms with Crippen LogP contribution in [0.4, 0.5) is 8.78 Å². The number of rotatable bonds is 4. The molecule has 0 saturated carbocycles. The number of halogens is 2. The third-order valence-electron chi connectivity index (χ3n) is 4.48. The third kappa shape index (κ3) is 3.34. The maximum absolute atomic E-state index is 14.2. The Morgan fingerprint density at radius 3 is 2.79 bits per heavy atom. The van der Waals surface area contributed by atoms with Crippen molar-refractivity contribution in [2.24, 2.45) is 0 Å². The molecular formula is C21H17F2N4O+. The lowest BCUT2D eigenvalue weighted by molar-refractivity contribution is -0.576. The fraction of sp³-hybridized carbons (Fsp3) is 0.0952. The second-order valence-electron chi connectivity index (χ2n) is 6.42. The number of imidazole rings is 1. The van der Waals surface area contributed by atoms with Crippen LogP contribution in [-0.4, -0.2) is 15.9 Å². The molecule has 0 fully saturated rings. The van der Waals surface area contributed by atoms with E-state index in [1.165, 1.54) is 12.1 Å². The minimum Gasteiger partial charge on any atom is -0.348 e. The molecule has 2 heterocycles. The predicted molar refractivity (Wildman–Crippen MR) is 99.9 cm³/mol. The fourth-order valence-corrected chi connectivity index (χ4v) is 3.16. The second kappa shape index (κ2) is 7.19. The normalized spacial score (nSPS) is 11.0. The van der Waals surface area contributed by atoms with Gasteiger partial charge in [0.15, 0.2) is 22.5 Å². The molecule has 0 radical (unpaired) electrons. The van der Waals surface area contributed by atoms with E-state index in [2.05, 4.69) is 15.3 Å². The summed E-state index contributed by atoms with van der Waals surface area (Å²) < 4.78 is 29.1. The van der Waals surface area contributed by atoms with Crippen molar-refractivity contribution in [1.29, 1.82) is 0 Å². The highest BCUT2D eigenvalue weighted by Gasteiger charge is 2.21. The number of pyridine rings is 1. The van der Waals surface area contributed by atoms with Crippen molar-refractivity contribution in [3.8, 4) is 5.69 Å². The molecule has 0 unspecified atom stereocenters. The monoisotopic (exact) mass is 379 g/mol. The van der Waals surface area contributed by atoms with Crippen LogP contribution in [-0.2, 0) is 6.54 Å². The second-order valence-corrected chi connectivity index (χ2v) is 6.42. The minimum absolute atomic E-state index is 0.225. The van der Waals surface area contributed by atoms with Crippen molar-refractivity contribution >= 4 is 16.9 Å². The van der Waals surface area contributed by atoms with E-state index in [1.807, 2.05) is 12.1 Å². The summed E-state index contributed by atoms with van der Waals surface area (Å²) in [5.41, 5.74) is 2.97. The topological polar surface area (TPSA) is 61.7 Å². The molecule has 140 valence electrons. The number of nitrogens with zero attached hydrogens (tertiary/aromatic N) is 2.